The summed E-state index contributed by atoms with van der Waals surface area (Å²) in [6.45, 7) is 1.75. The number of nitriles is 1. The minimum absolute atomic E-state index is 0.0228. The number of anilines is 2. The van der Waals surface area contributed by atoms with Crippen molar-refractivity contribution in [3.8, 4) is 17.3 Å². The monoisotopic (exact) mass is 404 g/mol. The summed E-state index contributed by atoms with van der Waals surface area (Å²) in [5.74, 6) is 0.585. The van der Waals surface area contributed by atoms with Gasteiger partial charge in [-0.25, -0.2) is 18.5 Å². The highest BCUT2D eigenvalue weighted by Crippen LogP contribution is 2.27. The Kier molecular flexibility index (Phi) is 4.50. The van der Waals surface area contributed by atoms with Gasteiger partial charge in [0.05, 0.1) is 16.3 Å². The van der Waals surface area contributed by atoms with Gasteiger partial charge in [0, 0.05) is 17.3 Å². The van der Waals surface area contributed by atoms with Gasteiger partial charge >= 0.3 is 0 Å². The molecule has 0 amide bonds. The lowest BCUT2D eigenvalue weighted by molar-refractivity contribution is 0.598. The van der Waals surface area contributed by atoms with Gasteiger partial charge in [-0.05, 0) is 31.2 Å². The van der Waals surface area contributed by atoms with Gasteiger partial charge < -0.3 is 5.32 Å². The molecule has 0 aliphatic heterocycles. The third-order valence-corrected chi connectivity index (χ3v) is 5.33. The molecule has 0 saturated heterocycles. The zero-order valence-corrected chi connectivity index (χ0v) is 16.2. The van der Waals surface area contributed by atoms with E-state index in [9.17, 15) is 13.7 Å². The molecule has 2 heterocycles. The van der Waals surface area contributed by atoms with E-state index in [1.54, 1.807) is 23.6 Å². The number of aryl methyl sites for hydroxylation is 1. The molecule has 0 atom stereocenters. The number of nitrogens with one attached hydrogen (secondary N) is 1. The maximum Gasteiger partial charge on any atom is 0.238 e. The third-order valence-electron chi connectivity index (χ3n) is 4.40. The number of fused-ring (bicyclic) bond motifs is 1. The molecule has 9 heteroatoms. The number of primary sulfonamides is 1. The van der Waals surface area contributed by atoms with E-state index in [1.807, 2.05) is 36.4 Å². The standard InChI is InChI=1S/C20H16N6O2S/c1-13-17(12-21)20-24-18(14-5-3-2-4-6-14)11-19(26(20)25-13)23-15-7-9-16(10-8-15)29(22,27)28/h2-11,23H,1H3,(H2,22,27,28). The molecule has 0 radical (unpaired) electrons. The second-order valence-electron chi connectivity index (χ2n) is 6.39. The fraction of sp³-hybridized carbons (Fsp3) is 0.0500. The number of hydrogen-bond acceptors (Lipinski definition) is 6. The summed E-state index contributed by atoms with van der Waals surface area (Å²) in [6, 6.07) is 19.6. The normalized spacial score (nSPS) is 11.3. The van der Waals surface area contributed by atoms with Crippen molar-refractivity contribution in [2.45, 2.75) is 11.8 Å². The molecule has 0 fully saturated rings. The summed E-state index contributed by atoms with van der Waals surface area (Å²) in [5, 5.41) is 22.3. The first-order valence-corrected chi connectivity index (χ1v) is 10.2. The largest absolute Gasteiger partial charge is 0.340 e. The molecule has 2 aromatic carbocycles. The number of rotatable bonds is 4. The van der Waals surface area contributed by atoms with Crippen LogP contribution in [0.2, 0.25) is 0 Å². The fourth-order valence-electron chi connectivity index (χ4n) is 2.98. The molecule has 3 N–H and O–H groups in total. The molecule has 29 heavy (non-hydrogen) atoms. The van der Waals surface area contributed by atoms with Gasteiger partial charge in [0.2, 0.25) is 10.0 Å². The molecule has 0 saturated carbocycles. The van der Waals surface area contributed by atoms with Crippen LogP contribution in [0.3, 0.4) is 0 Å². The zero-order chi connectivity index (χ0) is 20.6. The predicted molar refractivity (Wildman–Crippen MR) is 109 cm³/mol. The van der Waals surface area contributed by atoms with Crippen LogP contribution in [-0.4, -0.2) is 23.0 Å². The summed E-state index contributed by atoms with van der Waals surface area (Å²) < 4.78 is 24.5. The van der Waals surface area contributed by atoms with Crippen LogP contribution < -0.4 is 10.5 Å². The van der Waals surface area contributed by atoms with E-state index in [0.29, 0.717) is 34.1 Å². The quantitative estimate of drug-likeness (QED) is 0.538. The minimum atomic E-state index is -3.77. The molecule has 4 rings (SSSR count). The Bertz CT molecular complexity index is 1350. The first-order valence-electron chi connectivity index (χ1n) is 8.62. The van der Waals surface area contributed by atoms with Gasteiger partial charge in [0.25, 0.3) is 0 Å². The minimum Gasteiger partial charge on any atom is -0.340 e. The van der Waals surface area contributed by atoms with E-state index >= 15 is 0 Å². The Labute approximate surface area is 167 Å². The molecule has 4 aromatic rings. The molecule has 0 bridgehead atoms. The van der Waals surface area contributed by atoms with Gasteiger partial charge in [-0.15, -0.1) is 0 Å². The van der Waals surface area contributed by atoms with Crippen molar-refractivity contribution in [3.05, 3.63) is 71.9 Å². The van der Waals surface area contributed by atoms with Gasteiger partial charge in [-0.1, -0.05) is 30.3 Å². The molecule has 2 aromatic heterocycles. The molecular weight excluding hydrogens is 388 g/mol. The van der Waals surface area contributed by atoms with Crippen molar-refractivity contribution < 1.29 is 8.42 Å². The van der Waals surface area contributed by atoms with Crippen LogP contribution in [0.1, 0.15) is 11.3 Å². The summed E-state index contributed by atoms with van der Waals surface area (Å²) in [4.78, 5) is 4.65. The highest BCUT2D eigenvalue weighted by molar-refractivity contribution is 7.89. The Morgan fingerprint density at radius 2 is 1.79 bits per heavy atom. The van der Waals surface area contributed by atoms with E-state index in [4.69, 9.17) is 5.14 Å². The number of nitrogens with two attached hydrogens (primary N) is 1. The second-order valence-corrected chi connectivity index (χ2v) is 7.96. The number of benzene rings is 2. The van der Waals surface area contributed by atoms with Crippen molar-refractivity contribution in [2.75, 3.05) is 5.32 Å². The van der Waals surface area contributed by atoms with Crippen molar-refractivity contribution in [1.82, 2.24) is 14.6 Å². The van der Waals surface area contributed by atoms with Crippen LogP contribution in [0, 0.1) is 18.3 Å². The van der Waals surface area contributed by atoms with Crippen LogP contribution in [0.25, 0.3) is 16.9 Å². The average molecular weight is 404 g/mol. The summed E-state index contributed by atoms with van der Waals surface area (Å²) >= 11 is 0. The SMILES string of the molecule is Cc1nn2c(Nc3ccc(S(N)(=O)=O)cc3)cc(-c3ccccc3)nc2c1C#N. The van der Waals surface area contributed by atoms with Crippen molar-refractivity contribution in [1.29, 1.82) is 5.26 Å². The van der Waals surface area contributed by atoms with Crippen LogP contribution in [0.15, 0.2) is 65.6 Å². The van der Waals surface area contributed by atoms with E-state index in [-0.39, 0.29) is 4.90 Å². The van der Waals surface area contributed by atoms with Crippen LogP contribution >= 0.6 is 0 Å². The Balaban J connectivity index is 1.85. The van der Waals surface area contributed by atoms with Crippen LogP contribution in [0.5, 0.6) is 0 Å². The lowest BCUT2D eigenvalue weighted by Crippen LogP contribution is -2.11. The first-order chi connectivity index (χ1) is 13.9. The van der Waals surface area contributed by atoms with Gasteiger partial charge in [-0.3, -0.25) is 0 Å². The first kappa shape index (κ1) is 18.6. The number of sulfonamides is 1. The van der Waals surface area contributed by atoms with Crippen LogP contribution in [-0.2, 0) is 10.0 Å². The predicted octanol–water partition coefficient (Wildman–Crippen LogP) is 2.97. The van der Waals surface area contributed by atoms with E-state index in [0.717, 1.165) is 5.56 Å². The topological polar surface area (TPSA) is 126 Å². The highest BCUT2D eigenvalue weighted by atomic mass is 32.2. The second kappa shape index (κ2) is 7.01. The van der Waals surface area contributed by atoms with E-state index in [1.165, 1.54) is 12.1 Å². The van der Waals surface area contributed by atoms with Gasteiger partial charge in [-0.2, -0.15) is 14.9 Å². The zero-order valence-electron chi connectivity index (χ0n) is 15.4. The highest BCUT2D eigenvalue weighted by Gasteiger charge is 2.16. The molecule has 144 valence electrons. The van der Waals surface area contributed by atoms with Crippen molar-refractivity contribution in [2.24, 2.45) is 5.14 Å². The third kappa shape index (κ3) is 3.54. The number of aromatic nitrogens is 3. The van der Waals surface area contributed by atoms with Crippen molar-refractivity contribution >= 4 is 27.2 Å². The molecular formula is C20H16N6O2S. The molecule has 8 nitrogen and oxygen atoms in total. The summed E-state index contributed by atoms with van der Waals surface area (Å²) in [6.07, 6.45) is 0. The Morgan fingerprint density at radius 1 is 1.10 bits per heavy atom. The van der Waals surface area contributed by atoms with Gasteiger partial charge in [0.15, 0.2) is 5.65 Å². The average Bonchev–Trinajstić information content (AvgIpc) is 3.03. The maximum absolute atomic E-state index is 11.5. The van der Waals surface area contributed by atoms with Gasteiger partial charge in [0.1, 0.15) is 17.5 Å². The lowest BCUT2D eigenvalue weighted by atomic mass is 10.1. The lowest BCUT2D eigenvalue weighted by Gasteiger charge is -2.11. The Morgan fingerprint density at radius 3 is 2.41 bits per heavy atom. The summed E-state index contributed by atoms with van der Waals surface area (Å²) in [5.41, 5.74) is 3.61. The van der Waals surface area contributed by atoms with E-state index < -0.39 is 10.0 Å². The fourth-order valence-corrected chi connectivity index (χ4v) is 3.49. The molecule has 0 unspecified atom stereocenters. The maximum atomic E-state index is 11.5. The van der Waals surface area contributed by atoms with E-state index in [2.05, 4.69) is 21.5 Å². The molecule has 0 spiro atoms. The molecule has 0 aliphatic rings. The van der Waals surface area contributed by atoms with Crippen molar-refractivity contribution in [3.63, 3.8) is 0 Å². The number of nitrogens with zero attached hydrogens (tertiary/aromatic N) is 4. The Hall–Kier alpha value is -3.74. The summed E-state index contributed by atoms with van der Waals surface area (Å²) in [7, 11) is -3.77. The van der Waals surface area contributed by atoms with Crippen LogP contribution in [0.4, 0.5) is 11.5 Å². The molecule has 0 aliphatic carbocycles. The smallest absolute Gasteiger partial charge is 0.238 e. The number of hydrogen-bond donors (Lipinski definition) is 2.